The molecule has 3 nitrogen and oxygen atoms in total. The molecule has 1 aliphatic rings. The van der Waals surface area contributed by atoms with Crippen LogP contribution in [0.2, 0.25) is 0 Å². The Morgan fingerprint density at radius 3 is 2.60 bits per heavy atom. The first kappa shape index (κ1) is 12.9. The van der Waals surface area contributed by atoms with Crippen LogP contribution in [0.1, 0.15) is 34.1 Å². The lowest BCUT2D eigenvalue weighted by Gasteiger charge is -2.31. The minimum Gasteiger partial charge on any atom is -0.381 e. The highest BCUT2D eigenvalue weighted by atomic mass is 16.5. The van der Waals surface area contributed by atoms with Gasteiger partial charge in [0.05, 0.1) is 13.2 Å². The van der Waals surface area contributed by atoms with Crippen LogP contribution in [-0.4, -0.2) is 38.5 Å². The average Bonchev–Trinajstić information content (AvgIpc) is 2.60. The van der Waals surface area contributed by atoms with Crippen LogP contribution in [0.4, 0.5) is 0 Å². The lowest BCUT2D eigenvalue weighted by molar-refractivity contribution is 0.0366. The van der Waals surface area contributed by atoms with E-state index in [4.69, 9.17) is 9.47 Å². The highest BCUT2D eigenvalue weighted by Crippen LogP contribution is 2.28. The topological polar surface area (TPSA) is 30.5 Å². The van der Waals surface area contributed by atoms with Crippen molar-refractivity contribution in [2.75, 3.05) is 33.0 Å². The minimum atomic E-state index is 0.168. The summed E-state index contributed by atoms with van der Waals surface area (Å²) < 4.78 is 11.1. The Kier molecular flexibility index (Phi) is 4.56. The molecule has 1 heterocycles. The average molecular weight is 215 g/mol. The molecule has 1 atom stereocenters. The summed E-state index contributed by atoms with van der Waals surface area (Å²) in [6, 6.07) is 0. The molecule has 1 rings (SSSR count). The first-order chi connectivity index (χ1) is 6.97. The van der Waals surface area contributed by atoms with Gasteiger partial charge in [0.2, 0.25) is 0 Å². The fourth-order valence-electron chi connectivity index (χ4n) is 1.73. The van der Waals surface area contributed by atoms with Crippen molar-refractivity contribution in [2.24, 2.45) is 5.41 Å². The van der Waals surface area contributed by atoms with Gasteiger partial charge < -0.3 is 14.8 Å². The molecule has 3 heteroatoms. The van der Waals surface area contributed by atoms with Gasteiger partial charge in [-0.3, -0.25) is 0 Å². The number of nitrogens with one attached hydrogen (secondary N) is 1. The summed E-state index contributed by atoms with van der Waals surface area (Å²) in [7, 11) is 0. The number of ether oxygens (including phenoxy) is 2. The maximum atomic E-state index is 5.57. The van der Waals surface area contributed by atoms with Crippen LogP contribution in [0.25, 0.3) is 0 Å². The summed E-state index contributed by atoms with van der Waals surface area (Å²) in [5.74, 6) is 0. The zero-order chi connectivity index (χ0) is 11.4. The van der Waals surface area contributed by atoms with Crippen molar-refractivity contribution in [3.8, 4) is 0 Å². The zero-order valence-corrected chi connectivity index (χ0v) is 10.6. The van der Waals surface area contributed by atoms with Gasteiger partial charge in [0.1, 0.15) is 0 Å². The fraction of sp³-hybridized carbons (Fsp3) is 1.00. The van der Waals surface area contributed by atoms with Crippen LogP contribution in [0, 0.1) is 5.41 Å². The molecular weight excluding hydrogens is 190 g/mol. The van der Waals surface area contributed by atoms with Crippen LogP contribution in [0.15, 0.2) is 0 Å². The molecule has 1 fully saturated rings. The molecule has 0 amide bonds. The molecule has 15 heavy (non-hydrogen) atoms. The summed E-state index contributed by atoms with van der Waals surface area (Å²) in [5.41, 5.74) is 0.366. The van der Waals surface area contributed by atoms with Gasteiger partial charge in [-0.25, -0.2) is 0 Å². The zero-order valence-electron chi connectivity index (χ0n) is 10.6. The molecule has 0 aromatic heterocycles. The van der Waals surface area contributed by atoms with E-state index in [1.165, 1.54) is 0 Å². The molecule has 1 saturated heterocycles. The van der Waals surface area contributed by atoms with E-state index in [9.17, 15) is 0 Å². The van der Waals surface area contributed by atoms with E-state index in [2.05, 4.69) is 26.1 Å². The van der Waals surface area contributed by atoms with E-state index in [1.54, 1.807) is 0 Å². The van der Waals surface area contributed by atoms with Crippen molar-refractivity contribution >= 4 is 0 Å². The van der Waals surface area contributed by atoms with E-state index >= 15 is 0 Å². The third-order valence-electron chi connectivity index (χ3n) is 2.79. The second kappa shape index (κ2) is 5.28. The van der Waals surface area contributed by atoms with Gasteiger partial charge in [-0.15, -0.1) is 0 Å². The van der Waals surface area contributed by atoms with Crippen LogP contribution in [0.3, 0.4) is 0 Å². The molecule has 1 aliphatic heterocycles. The predicted molar refractivity (Wildman–Crippen MR) is 62.1 cm³/mol. The Bertz CT molecular complexity index is 181. The maximum Gasteiger partial charge on any atom is 0.0557 e. The predicted octanol–water partition coefficient (Wildman–Crippen LogP) is 1.82. The van der Waals surface area contributed by atoms with Crippen LogP contribution < -0.4 is 5.32 Å². The Morgan fingerprint density at radius 1 is 1.40 bits per heavy atom. The van der Waals surface area contributed by atoms with E-state index in [0.717, 1.165) is 39.4 Å². The standard InChI is InChI=1S/C12H25NO2/c1-5-14-9-12(6-7-15-10-12)8-13-11(2,3)4/h13H,5-10H2,1-4H3. The summed E-state index contributed by atoms with van der Waals surface area (Å²) in [5, 5.41) is 3.55. The molecule has 90 valence electrons. The van der Waals surface area contributed by atoms with Crippen LogP contribution in [-0.2, 0) is 9.47 Å². The SMILES string of the molecule is CCOCC1(CNC(C)(C)C)CCOC1. The molecular formula is C12H25NO2. The lowest BCUT2D eigenvalue weighted by atomic mass is 9.87. The van der Waals surface area contributed by atoms with Crippen LogP contribution in [0.5, 0.6) is 0 Å². The number of rotatable bonds is 5. The number of hydrogen-bond acceptors (Lipinski definition) is 3. The van der Waals surface area contributed by atoms with Gasteiger partial charge in [-0.2, -0.15) is 0 Å². The molecule has 1 unspecified atom stereocenters. The van der Waals surface area contributed by atoms with Crippen molar-refractivity contribution in [1.82, 2.24) is 5.32 Å². The fourth-order valence-corrected chi connectivity index (χ4v) is 1.73. The van der Waals surface area contributed by atoms with Gasteiger partial charge in [-0.05, 0) is 34.1 Å². The molecule has 0 saturated carbocycles. The first-order valence-corrected chi connectivity index (χ1v) is 5.88. The molecule has 0 spiro atoms. The Morgan fingerprint density at radius 2 is 2.13 bits per heavy atom. The quantitative estimate of drug-likeness (QED) is 0.759. The van der Waals surface area contributed by atoms with E-state index in [0.29, 0.717) is 0 Å². The van der Waals surface area contributed by atoms with Gasteiger partial charge in [0, 0.05) is 30.7 Å². The summed E-state index contributed by atoms with van der Waals surface area (Å²) >= 11 is 0. The maximum absolute atomic E-state index is 5.57. The second-order valence-electron chi connectivity index (χ2n) is 5.54. The van der Waals surface area contributed by atoms with Crippen molar-refractivity contribution < 1.29 is 9.47 Å². The Labute approximate surface area is 93.5 Å². The normalized spacial score (nSPS) is 27.2. The third kappa shape index (κ3) is 4.49. The van der Waals surface area contributed by atoms with E-state index in [1.807, 2.05) is 6.92 Å². The third-order valence-corrected chi connectivity index (χ3v) is 2.79. The largest absolute Gasteiger partial charge is 0.381 e. The minimum absolute atomic E-state index is 0.168. The monoisotopic (exact) mass is 215 g/mol. The molecule has 0 aromatic carbocycles. The molecule has 1 N–H and O–H groups in total. The van der Waals surface area contributed by atoms with Crippen molar-refractivity contribution in [2.45, 2.75) is 39.7 Å². The highest BCUT2D eigenvalue weighted by molar-refractivity contribution is 4.87. The number of hydrogen-bond donors (Lipinski definition) is 1. The Hall–Kier alpha value is -0.120. The van der Waals surface area contributed by atoms with Crippen molar-refractivity contribution in [1.29, 1.82) is 0 Å². The van der Waals surface area contributed by atoms with Gasteiger partial charge in [-0.1, -0.05) is 0 Å². The first-order valence-electron chi connectivity index (χ1n) is 5.88. The Balaban J connectivity index is 2.42. The molecule has 0 aromatic rings. The van der Waals surface area contributed by atoms with E-state index in [-0.39, 0.29) is 11.0 Å². The highest BCUT2D eigenvalue weighted by Gasteiger charge is 2.35. The van der Waals surface area contributed by atoms with Gasteiger partial charge in [0.25, 0.3) is 0 Å². The lowest BCUT2D eigenvalue weighted by Crippen LogP contribution is -2.46. The molecule has 0 radical (unpaired) electrons. The van der Waals surface area contributed by atoms with Gasteiger partial charge >= 0.3 is 0 Å². The van der Waals surface area contributed by atoms with E-state index < -0.39 is 0 Å². The summed E-state index contributed by atoms with van der Waals surface area (Å²) in [6.45, 7) is 12.9. The summed E-state index contributed by atoms with van der Waals surface area (Å²) in [6.07, 6.45) is 1.11. The van der Waals surface area contributed by atoms with Gasteiger partial charge in [0.15, 0.2) is 0 Å². The summed E-state index contributed by atoms with van der Waals surface area (Å²) in [4.78, 5) is 0. The van der Waals surface area contributed by atoms with Crippen LogP contribution >= 0.6 is 0 Å². The molecule has 0 aliphatic carbocycles. The van der Waals surface area contributed by atoms with Crippen molar-refractivity contribution in [3.05, 3.63) is 0 Å². The second-order valence-corrected chi connectivity index (χ2v) is 5.54. The van der Waals surface area contributed by atoms with Crippen molar-refractivity contribution in [3.63, 3.8) is 0 Å². The smallest absolute Gasteiger partial charge is 0.0557 e. The molecule has 0 bridgehead atoms.